The molecule has 1 saturated carbocycles. The Hall–Kier alpha value is -4.13. The maximum atomic E-state index is 15.5. The van der Waals surface area contributed by atoms with Gasteiger partial charge in [-0.3, -0.25) is 14.6 Å². The predicted octanol–water partition coefficient (Wildman–Crippen LogP) is 4.02. The van der Waals surface area contributed by atoms with E-state index >= 15 is 8.78 Å². The van der Waals surface area contributed by atoms with Crippen LogP contribution in [0.4, 0.5) is 14.5 Å². The molecule has 1 saturated heterocycles. The van der Waals surface area contributed by atoms with E-state index in [2.05, 4.69) is 25.9 Å². The average molecular weight is 626 g/mol. The van der Waals surface area contributed by atoms with Crippen molar-refractivity contribution in [3.8, 4) is 11.3 Å². The van der Waals surface area contributed by atoms with Crippen LogP contribution in [0.2, 0.25) is 5.02 Å². The van der Waals surface area contributed by atoms with Crippen molar-refractivity contribution in [2.75, 3.05) is 38.7 Å². The fourth-order valence-corrected chi connectivity index (χ4v) is 5.98. The van der Waals surface area contributed by atoms with Crippen LogP contribution < -0.4 is 21.7 Å². The number of methoxy groups -OCH3 is 1. The Morgan fingerprint density at radius 2 is 1.84 bits per heavy atom. The van der Waals surface area contributed by atoms with Crippen molar-refractivity contribution in [3.05, 3.63) is 75.8 Å². The van der Waals surface area contributed by atoms with E-state index in [4.69, 9.17) is 22.1 Å². The summed E-state index contributed by atoms with van der Waals surface area (Å²) in [5, 5.41) is 9.18. The van der Waals surface area contributed by atoms with Crippen molar-refractivity contribution in [2.45, 2.75) is 19.9 Å². The molecule has 5 N–H and O–H groups in total. The third kappa shape index (κ3) is 6.10. The highest BCUT2D eigenvalue weighted by atomic mass is 35.5. The van der Waals surface area contributed by atoms with Gasteiger partial charge in [-0.15, -0.1) is 0 Å². The van der Waals surface area contributed by atoms with Crippen molar-refractivity contribution in [3.63, 3.8) is 0 Å². The molecule has 0 bridgehead atoms. The van der Waals surface area contributed by atoms with Crippen LogP contribution in [0, 0.1) is 23.5 Å². The number of nitrogens with one attached hydrogen (secondary N) is 3. The van der Waals surface area contributed by atoms with Gasteiger partial charge in [0.15, 0.2) is 17.5 Å². The van der Waals surface area contributed by atoms with E-state index in [0.29, 0.717) is 47.5 Å². The summed E-state index contributed by atoms with van der Waals surface area (Å²) in [5.74, 6) is -2.21. The Morgan fingerprint density at radius 1 is 1.14 bits per heavy atom. The molecule has 1 aliphatic carbocycles. The van der Waals surface area contributed by atoms with Crippen LogP contribution in [0.15, 0.2) is 47.2 Å². The fraction of sp³-hybridized carbons (Fsp3) is 0.355. The lowest BCUT2D eigenvalue weighted by atomic mass is 9.97. The number of benzene rings is 2. The van der Waals surface area contributed by atoms with Crippen molar-refractivity contribution in [1.82, 2.24) is 20.2 Å². The van der Waals surface area contributed by atoms with Crippen LogP contribution in [0.25, 0.3) is 16.8 Å². The number of allylic oxidation sites excluding steroid dienone is 2. The van der Waals surface area contributed by atoms with Crippen molar-refractivity contribution < 1.29 is 23.1 Å². The number of hydrogen-bond acceptors (Lipinski definition) is 7. The number of piperidine rings is 1. The van der Waals surface area contributed by atoms with Gasteiger partial charge < -0.3 is 31.0 Å². The lowest BCUT2D eigenvalue weighted by Gasteiger charge is -2.14. The molecule has 3 atom stereocenters. The molecule has 1 aromatic heterocycles. The number of rotatable bonds is 10. The first-order valence-corrected chi connectivity index (χ1v) is 14.5. The number of halogens is 3. The molecule has 232 valence electrons. The summed E-state index contributed by atoms with van der Waals surface area (Å²) in [5.41, 5.74) is 7.77. The van der Waals surface area contributed by atoms with Gasteiger partial charge in [-0.1, -0.05) is 17.7 Å². The van der Waals surface area contributed by atoms with E-state index in [1.165, 1.54) is 36.0 Å². The maximum absolute atomic E-state index is 15.5. The zero-order chi connectivity index (χ0) is 31.7. The quantitative estimate of drug-likeness (QED) is 0.199. The SMILES string of the molecule is COCCN=C(C)/C(=C(/C)N)c1ccc(-c2cnc(C(=O)Nc3ccc(C(=O)NC4[C@H]5CNC[C@@H]45)c(Cl)c3)n2C)c(F)c1F. The number of aromatic nitrogens is 2. The zero-order valence-electron chi connectivity index (χ0n) is 24.8. The fourth-order valence-electron chi connectivity index (χ4n) is 5.71. The summed E-state index contributed by atoms with van der Waals surface area (Å²) in [4.78, 5) is 34.3. The number of nitrogens with zero attached hydrogens (tertiary/aromatic N) is 3. The highest BCUT2D eigenvalue weighted by Gasteiger charge is 2.53. The Balaban J connectivity index is 1.32. The van der Waals surface area contributed by atoms with Gasteiger partial charge in [0.1, 0.15) is 0 Å². The van der Waals surface area contributed by atoms with Crippen molar-refractivity contribution in [2.24, 2.45) is 29.6 Å². The lowest BCUT2D eigenvalue weighted by molar-refractivity contribution is 0.0946. The monoisotopic (exact) mass is 625 g/mol. The van der Waals surface area contributed by atoms with E-state index in [9.17, 15) is 9.59 Å². The predicted molar refractivity (Wildman–Crippen MR) is 166 cm³/mol. The molecule has 1 unspecified atom stereocenters. The number of hydrogen-bond donors (Lipinski definition) is 4. The molecular formula is C31H34ClF2N7O3. The topological polar surface area (TPSA) is 136 Å². The molecular weight excluding hydrogens is 592 g/mol. The molecule has 10 nitrogen and oxygen atoms in total. The van der Waals surface area contributed by atoms with E-state index < -0.39 is 17.5 Å². The number of ether oxygens (including phenoxy) is 1. The molecule has 5 rings (SSSR count). The number of nitrogens with two attached hydrogens (primary N) is 1. The minimum atomic E-state index is -1.12. The summed E-state index contributed by atoms with van der Waals surface area (Å²) in [6.07, 6.45) is 1.29. The largest absolute Gasteiger partial charge is 0.402 e. The van der Waals surface area contributed by atoms with Crippen LogP contribution in [0.3, 0.4) is 0 Å². The molecule has 2 amide bonds. The second-order valence-electron chi connectivity index (χ2n) is 11.0. The Bertz CT molecular complexity index is 1670. The molecule has 13 heteroatoms. The Kier molecular flexibility index (Phi) is 9.14. The Labute approximate surface area is 258 Å². The van der Waals surface area contributed by atoms with Gasteiger partial charge in [-0.2, -0.15) is 0 Å². The number of amides is 2. The van der Waals surface area contributed by atoms with Gasteiger partial charge in [0.05, 0.1) is 35.6 Å². The van der Waals surface area contributed by atoms with Crippen molar-refractivity contribution in [1.29, 1.82) is 0 Å². The normalized spacial score (nSPS) is 19.8. The summed E-state index contributed by atoms with van der Waals surface area (Å²) in [7, 11) is 3.07. The van der Waals surface area contributed by atoms with E-state index in [-0.39, 0.29) is 45.3 Å². The van der Waals surface area contributed by atoms with E-state index in [0.717, 1.165) is 13.1 Å². The molecule has 44 heavy (non-hydrogen) atoms. The van der Waals surface area contributed by atoms with E-state index in [1.54, 1.807) is 33.1 Å². The minimum Gasteiger partial charge on any atom is -0.402 e. The van der Waals surface area contributed by atoms with Gasteiger partial charge in [0.25, 0.3) is 11.8 Å². The third-order valence-electron chi connectivity index (χ3n) is 8.08. The van der Waals surface area contributed by atoms with Gasteiger partial charge in [-0.25, -0.2) is 13.8 Å². The van der Waals surface area contributed by atoms with E-state index in [1.807, 2.05) is 0 Å². The number of aliphatic imine (C=N–C) groups is 1. The molecule has 2 aromatic carbocycles. The smallest absolute Gasteiger partial charge is 0.291 e. The number of anilines is 1. The van der Waals surface area contributed by atoms with Crippen LogP contribution >= 0.6 is 11.6 Å². The summed E-state index contributed by atoms with van der Waals surface area (Å²) < 4.78 is 37.3. The highest BCUT2D eigenvalue weighted by molar-refractivity contribution is 6.34. The molecule has 2 fully saturated rings. The third-order valence-corrected chi connectivity index (χ3v) is 8.39. The second-order valence-corrected chi connectivity index (χ2v) is 11.4. The minimum absolute atomic E-state index is 0.0314. The summed E-state index contributed by atoms with van der Waals surface area (Å²) in [6.45, 7) is 5.76. The zero-order valence-corrected chi connectivity index (χ0v) is 25.6. The molecule has 2 heterocycles. The molecule has 3 aromatic rings. The standard InChI is InChI=1S/C31H34ClF2N7O3/c1-15(35)25(16(2)37-9-10-44-4)20-8-7-19(26(33)27(20)34)24-14-38-29(41(24)3)31(43)39-17-5-6-18(23(32)11-17)30(42)40-28-21-12-36-13-22(21)28/h5-8,11,14,21-22,28,36H,9-10,12-13,35H2,1-4H3,(H,39,43)(H,40,42)/b25-15+,37-16?/t21-,22+,28?. The first-order chi connectivity index (χ1) is 21.0. The van der Waals surface area contributed by atoms with Crippen LogP contribution in [-0.2, 0) is 11.8 Å². The van der Waals surface area contributed by atoms with Crippen molar-refractivity contribution >= 4 is 40.4 Å². The van der Waals surface area contributed by atoms with Gasteiger partial charge in [0.2, 0.25) is 0 Å². The number of carbonyl (C=O) groups is 2. The van der Waals surface area contributed by atoms with Gasteiger partial charge >= 0.3 is 0 Å². The first kappa shape index (κ1) is 31.3. The molecule has 0 spiro atoms. The number of fused-ring (bicyclic) bond motifs is 1. The van der Waals surface area contributed by atoms with Gasteiger partial charge in [-0.05, 0) is 49.9 Å². The molecule has 0 radical (unpaired) electrons. The lowest BCUT2D eigenvalue weighted by Crippen LogP contribution is -2.32. The Morgan fingerprint density at radius 3 is 2.50 bits per heavy atom. The average Bonchev–Trinajstić information content (AvgIpc) is 3.27. The first-order valence-electron chi connectivity index (χ1n) is 14.1. The van der Waals surface area contributed by atoms with Gasteiger partial charge in [0, 0.05) is 67.1 Å². The van der Waals surface area contributed by atoms with Crippen LogP contribution in [0.1, 0.15) is 40.4 Å². The highest BCUT2D eigenvalue weighted by Crippen LogP contribution is 2.42. The van der Waals surface area contributed by atoms with Crippen LogP contribution in [-0.4, -0.2) is 66.5 Å². The second kappa shape index (κ2) is 12.8. The van der Waals surface area contributed by atoms with Crippen LogP contribution in [0.5, 0.6) is 0 Å². The summed E-state index contributed by atoms with van der Waals surface area (Å²) in [6, 6.07) is 7.57. The number of carbonyl (C=O) groups excluding carboxylic acids is 2. The molecule has 1 aliphatic heterocycles. The maximum Gasteiger partial charge on any atom is 0.291 e. The number of imidazole rings is 1. The molecule has 2 aliphatic rings. The summed E-state index contributed by atoms with van der Waals surface area (Å²) >= 11 is 6.38.